The summed E-state index contributed by atoms with van der Waals surface area (Å²) >= 11 is 1.88. The summed E-state index contributed by atoms with van der Waals surface area (Å²) in [5.74, 6) is -2.94. The molecule has 53 heavy (non-hydrogen) atoms. The van der Waals surface area contributed by atoms with E-state index in [2.05, 4.69) is 20.6 Å². The topological polar surface area (TPSA) is 160 Å². The fraction of sp³-hybridized carbons (Fsp3) is 0.686. The first-order valence-electron chi connectivity index (χ1n) is 17.7. The van der Waals surface area contributed by atoms with Crippen LogP contribution in [0.4, 0.5) is 13.2 Å². The molecule has 3 heterocycles. The first-order chi connectivity index (χ1) is 24.8. The van der Waals surface area contributed by atoms with Gasteiger partial charge in [-0.25, -0.2) is 9.97 Å². The number of likely N-dealkylation sites (N-methyl/N-ethyl adjacent to an activating group) is 2. The molecule has 294 valence electrons. The molecule has 4 rings (SSSR count). The van der Waals surface area contributed by atoms with Crippen LogP contribution < -0.4 is 10.6 Å². The van der Waals surface area contributed by atoms with Crippen LogP contribution in [-0.4, -0.2) is 101 Å². The highest BCUT2D eigenvalue weighted by Crippen LogP contribution is 2.40. The number of methoxy groups -OCH3 is 1. The molecule has 18 heteroatoms. The predicted octanol–water partition coefficient (Wildman–Crippen LogP) is 4.77. The summed E-state index contributed by atoms with van der Waals surface area (Å²) in [5, 5.41) is 8.62. The van der Waals surface area contributed by atoms with Crippen LogP contribution >= 0.6 is 22.7 Å². The lowest BCUT2D eigenvalue weighted by Crippen LogP contribution is -2.57. The summed E-state index contributed by atoms with van der Waals surface area (Å²) in [5.41, 5.74) is -2.05. The number of nitrogens with one attached hydrogen (secondary N) is 2. The molecule has 1 aliphatic carbocycles. The quantitative estimate of drug-likeness (QED) is 0.227. The Hall–Kier alpha value is -3.64. The Kier molecular flexibility index (Phi) is 14.0. The van der Waals surface area contributed by atoms with Crippen LogP contribution in [0.15, 0.2) is 10.8 Å². The average molecular weight is 787 g/mol. The molecule has 2 aromatic rings. The van der Waals surface area contributed by atoms with Gasteiger partial charge in [0.15, 0.2) is 11.8 Å². The van der Waals surface area contributed by atoms with Crippen molar-refractivity contribution in [1.82, 2.24) is 30.4 Å². The van der Waals surface area contributed by atoms with Gasteiger partial charge in [-0.1, -0.05) is 27.2 Å². The van der Waals surface area contributed by atoms with Crippen molar-refractivity contribution in [1.29, 1.82) is 0 Å². The number of aromatic nitrogens is 2. The van der Waals surface area contributed by atoms with E-state index in [4.69, 9.17) is 9.47 Å². The van der Waals surface area contributed by atoms with E-state index < -0.39 is 59.4 Å². The van der Waals surface area contributed by atoms with Crippen LogP contribution in [0.2, 0.25) is 0 Å². The molecule has 1 saturated heterocycles. The zero-order valence-corrected chi connectivity index (χ0v) is 32.7. The number of nitrogens with zero attached hydrogens (tertiary/aromatic N) is 4. The SMILES string of the molecule is COC(=O)[C@@H](C)C[C@H](Cc1nc(C(F)(F)F)cs1)NC(=O)c1csc([C@@H](C[C@H](C(C)C)N(C)C(=O)C2(NC(=O)[C@H]3CCCCN3C)CC2)OC(C)=O)n1. The average Bonchev–Trinajstić information content (AvgIpc) is 3.45. The highest BCUT2D eigenvalue weighted by molar-refractivity contribution is 7.10. The lowest BCUT2D eigenvalue weighted by atomic mass is 9.95. The van der Waals surface area contributed by atoms with Crippen molar-refractivity contribution >= 4 is 52.3 Å². The van der Waals surface area contributed by atoms with Crippen LogP contribution in [0, 0.1) is 11.8 Å². The van der Waals surface area contributed by atoms with Crippen molar-refractivity contribution in [2.75, 3.05) is 27.7 Å². The van der Waals surface area contributed by atoms with Crippen LogP contribution in [-0.2, 0) is 41.2 Å². The number of rotatable bonds is 16. The van der Waals surface area contributed by atoms with Gasteiger partial charge in [-0.3, -0.25) is 28.9 Å². The third-order valence-electron chi connectivity index (χ3n) is 9.82. The minimum Gasteiger partial charge on any atom is -0.469 e. The number of carbonyl (C=O) groups is 5. The number of esters is 2. The molecule has 2 fully saturated rings. The molecule has 1 aliphatic heterocycles. The van der Waals surface area contributed by atoms with E-state index in [-0.39, 0.29) is 53.7 Å². The maximum atomic E-state index is 14.0. The van der Waals surface area contributed by atoms with E-state index in [1.807, 2.05) is 25.8 Å². The third kappa shape index (κ3) is 11.0. The van der Waals surface area contributed by atoms with Crippen molar-refractivity contribution in [3.63, 3.8) is 0 Å². The van der Waals surface area contributed by atoms with Gasteiger partial charge in [0.2, 0.25) is 11.8 Å². The number of carbonyl (C=O) groups excluding carboxylic acids is 5. The van der Waals surface area contributed by atoms with Crippen LogP contribution in [0.25, 0.3) is 0 Å². The molecule has 3 amide bonds. The van der Waals surface area contributed by atoms with E-state index in [1.54, 1.807) is 18.9 Å². The number of likely N-dealkylation sites (tertiary alicyclic amines) is 1. The first-order valence-corrected chi connectivity index (χ1v) is 19.4. The van der Waals surface area contributed by atoms with Crippen LogP contribution in [0.1, 0.15) is 105 Å². The van der Waals surface area contributed by atoms with Crippen LogP contribution in [0.5, 0.6) is 0 Å². The summed E-state index contributed by atoms with van der Waals surface area (Å²) in [7, 11) is 4.81. The standard InChI is InChI=1S/C35H49F3N6O7S2/c1-19(2)25(44(6)33(49)34(11-12-34)42-30(47)24-10-8-9-13-43(24)5)16-26(51-21(4)45)31-40-23(17-53-31)29(46)39-22(14-20(3)32(48)50-7)15-28-41-27(18-52-28)35(36,37)38/h17-20,22,24-26H,8-16H2,1-7H3,(H,39,46)(H,42,47)/t20-,22+,24+,25+,26+/m0/s1. The fourth-order valence-electron chi connectivity index (χ4n) is 6.69. The first kappa shape index (κ1) is 42.1. The van der Waals surface area contributed by atoms with Gasteiger partial charge >= 0.3 is 18.1 Å². The van der Waals surface area contributed by atoms with Crippen molar-refractivity contribution in [3.05, 3.63) is 32.2 Å². The lowest BCUT2D eigenvalue weighted by Gasteiger charge is -2.37. The molecule has 5 atom stereocenters. The molecule has 0 spiro atoms. The summed E-state index contributed by atoms with van der Waals surface area (Å²) in [6.45, 7) is 7.52. The molecule has 13 nitrogen and oxygen atoms in total. The van der Waals surface area contributed by atoms with E-state index in [1.165, 1.54) is 19.4 Å². The number of alkyl halides is 3. The second kappa shape index (κ2) is 17.7. The van der Waals surface area contributed by atoms with Crippen molar-refractivity contribution in [2.24, 2.45) is 11.8 Å². The zero-order chi connectivity index (χ0) is 39.2. The number of ether oxygens (including phenoxy) is 2. The van der Waals surface area contributed by atoms with E-state index in [0.717, 1.165) is 53.9 Å². The zero-order valence-electron chi connectivity index (χ0n) is 31.1. The Morgan fingerprint density at radius 2 is 1.77 bits per heavy atom. The number of halogens is 3. The molecule has 2 N–H and O–H groups in total. The Bertz CT molecular complexity index is 1630. The minimum absolute atomic E-state index is 0.0224. The predicted molar refractivity (Wildman–Crippen MR) is 191 cm³/mol. The monoisotopic (exact) mass is 786 g/mol. The lowest BCUT2D eigenvalue weighted by molar-refractivity contribution is -0.149. The Morgan fingerprint density at radius 1 is 1.08 bits per heavy atom. The molecule has 0 radical (unpaired) electrons. The number of amides is 3. The maximum absolute atomic E-state index is 14.0. The highest BCUT2D eigenvalue weighted by Gasteiger charge is 2.54. The Morgan fingerprint density at radius 3 is 2.34 bits per heavy atom. The molecule has 2 aliphatic rings. The van der Waals surface area contributed by atoms with E-state index in [9.17, 15) is 37.1 Å². The van der Waals surface area contributed by atoms with Gasteiger partial charge in [0.1, 0.15) is 16.2 Å². The molecule has 2 aromatic heterocycles. The number of hydrogen-bond donors (Lipinski definition) is 2. The number of hydrogen-bond acceptors (Lipinski definition) is 12. The number of thiazole rings is 2. The van der Waals surface area contributed by atoms with Gasteiger partial charge in [0, 0.05) is 49.7 Å². The molecular formula is C35H49F3N6O7S2. The minimum atomic E-state index is -4.62. The van der Waals surface area contributed by atoms with Gasteiger partial charge in [-0.15, -0.1) is 22.7 Å². The van der Waals surface area contributed by atoms with Crippen molar-refractivity contribution in [3.8, 4) is 0 Å². The second-order valence-corrected chi connectivity index (χ2v) is 16.2. The molecular weight excluding hydrogens is 738 g/mol. The van der Waals surface area contributed by atoms with Gasteiger partial charge in [0.25, 0.3) is 5.91 Å². The molecule has 1 saturated carbocycles. The molecule has 0 unspecified atom stereocenters. The largest absolute Gasteiger partial charge is 0.469 e. The fourth-order valence-corrected chi connectivity index (χ4v) is 8.41. The molecule has 0 bridgehead atoms. The summed E-state index contributed by atoms with van der Waals surface area (Å²) in [6, 6.07) is -1.52. The summed E-state index contributed by atoms with van der Waals surface area (Å²) in [4.78, 5) is 76.9. The second-order valence-electron chi connectivity index (χ2n) is 14.4. The van der Waals surface area contributed by atoms with Gasteiger partial charge < -0.3 is 25.0 Å². The third-order valence-corrected chi connectivity index (χ3v) is 11.6. The van der Waals surface area contributed by atoms with Crippen LogP contribution in [0.3, 0.4) is 0 Å². The van der Waals surface area contributed by atoms with Crippen molar-refractivity contribution in [2.45, 2.75) is 115 Å². The van der Waals surface area contributed by atoms with Crippen molar-refractivity contribution < 1.29 is 46.6 Å². The highest BCUT2D eigenvalue weighted by atomic mass is 32.1. The Balaban J connectivity index is 1.49. The maximum Gasteiger partial charge on any atom is 0.434 e. The smallest absolute Gasteiger partial charge is 0.434 e. The van der Waals surface area contributed by atoms with E-state index in [0.29, 0.717) is 17.8 Å². The van der Waals surface area contributed by atoms with Gasteiger partial charge in [-0.05, 0) is 51.6 Å². The molecule has 0 aromatic carbocycles. The van der Waals surface area contributed by atoms with Gasteiger partial charge in [-0.2, -0.15) is 13.2 Å². The Labute approximate surface area is 315 Å². The van der Waals surface area contributed by atoms with E-state index >= 15 is 0 Å². The summed E-state index contributed by atoms with van der Waals surface area (Å²) in [6.07, 6.45) is -1.65. The van der Waals surface area contributed by atoms with Gasteiger partial charge in [0.05, 0.1) is 24.1 Å². The normalized spacial score (nSPS) is 19.4. The number of piperidine rings is 1. The summed E-state index contributed by atoms with van der Waals surface area (Å²) < 4.78 is 50.1.